The van der Waals surface area contributed by atoms with Crippen LogP contribution >= 0.6 is 39.3 Å². The van der Waals surface area contributed by atoms with E-state index in [1.54, 1.807) is 37.4 Å². The predicted octanol–water partition coefficient (Wildman–Crippen LogP) is 5.62. The number of carbonyl (C=O) groups excluding carboxylic acids is 1. The van der Waals surface area contributed by atoms with E-state index in [9.17, 15) is 4.79 Å². The average Bonchev–Trinajstić information content (AvgIpc) is 3.02. The van der Waals surface area contributed by atoms with Crippen LogP contribution in [0.25, 0.3) is 0 Å². The molecule has 1 aromatic heterocycles. The monoisotopic (exact) mass is 464 g/mol. The van der Waals surface area contributed by atoms with E-state index < -0.39 is 0 Å². The molecule has 0 saturated carbocycles. The lowest BCUT2D eigenvalue weighted by Crippen LogP contribution is -2.17. The largest absolute Gasteiger partial charge is 0.497 e. The van der Waals surface area contributed by atoms with Gasteiger partial charge < -0.3 is 9.15 Å². The smallest absolute Gasteiger partial charge is 0.271 e. The molecule has 0 aliphatic rings. The quantitative estimate of drug-likeness (QED) is 0.379. The molecule has 0 atom stereocenters. The Hall–Kier alpha value is -2.22. The van der Waals surface area contributed by atoms with Crippen LogP contribution in [0.2, 0.25) is 5.02 Å². The number of hydrazone groups is 1. The van der Waals surface area contributed by atoms with Gasteiger partial charge in [-0.05, 0) is 58.4 Å². The molecule has 138 valence electrons. The molecule has 2 aromatic carbocycles. The molecule has 0 bridgehead atoms. The standard InChI is InChI=1S/C19H14BrClN2O3S/c1-25-14-4-2-3-12(9-14)18(24)23-22-11-15-10-17(20)19(26-15)27-16-7-5-13(21)6-8-16/h2-11H,1H3,(H,23,24)/b22-11-. The first-order valence-corrected chi connectivity index (χ1v) is 9.74. The third kappa shape index (κ3) is 5.38. The minimum Gasteiger partial charge on any atom is -0.497 e. The Kier molecular flexibility index (Phi) is 6.60. The summed E-state index contributed by atoms with van der Waals surface area (Å²) in [7, 11) is 1.55. The molecule has 0 saturated heterocycles. The van der Waals surface area contributed by atoms with Gasteiger partial charge in [-0.2, -0.15) is 5.10 Å². The summed E-state index contributed by atoms with van der Waals surface area (Å²) in [6.07, 6.45) is 1.44. The predicted molar refractivity (Wildman–Crippen MR) is 110 cm³/mol. The van der Waals surface area contributed by atoms with Crippen LogP contribution in [-0.4, -0.2) is 19.2 Å². The Morgan fingerprint density at radius 3 is 2.78 bits per heavy atom. The fourth-order valence-corrected chi connectivity index (χ4v) is 3.55. The van der Waals surface area contributed by atoms with Crippen molar-refractivity contribution in [1.29, 1.82) is 0 Å². The first-order chi connectivity index (χ1) is 13.0. The third-order valence-corrected chi connectivity index (χ3v) is 5.49. The summed E-state index contributed by atoms with van der Waals surface area (Å²) in [6.45, 7) is 0. The molecular weight excluding hydrogens is 452 g/mol. The number of nitrogens with one attached hydrogen (secondary N) is 1. The minimum absolute atomic E-state index is 0.341. The van der Waals surface area contributed by atoms with Crippen LogP contribution < -0.4 is 10.2 Å². The van der Waals surface area contributed by atoms with Crippen molar-refractivity contribution in [2.45, 2.75) is 9.99 Å². The normalized spacial score (nSPS) is 10.9. The van der Waals surface area contributed by atoms with E-state index in [0.717, 1.165) is 9.37 Å². The first kappa shape index (κ1) is 19.5. The van der Waals surface area contributed by atoms with Gasteiger partial charge in [0.25, 0.3) is 5.91 Å². The highest BCUT2D eigenvalue weighted by molar-refractivity contribution is 9.10. The van der Waals surface area contributed by atoms with Gasteiger partial charge in [0.05, 0.1) is 17.8 Å². The summed E-state index contributed by atoms with van der Waals surface area (Å²) in [5, 5.41) is 5.30. The lowest BCUT2D eigenvalue weighted by molar-refractivity contribution is 0.0954. The number of hydrogen-bond acceptors (Lipinski definition) is 5. The molecule has 0 aliphatic carbocycles. The number of halogens is 2. The SMILES string of the molecule is COc1cccc(C(=O)N/N=C\c2cc(Br)c(Sc3ccc(Cl)cc3)o2)c1. The van der Waals surface area contributed by atoms with Gasteiger partial charge in [0, 0.05) is 21.5 Å². The number of amides is 1. The van der Waals surface area contributed by atoms with E-state index in [4.69, 9.17) is 20.8 Å². The Balaban J connectivity index is 1.63. The summed E-state index contributed by atoms with van der Waals surface area (Å²) in [5.74, 6) is 0.765. The zero-order valence-corrected chi connectivity index (χ0v) is 17.3. The van der Waals surface area contributed by atoms with Crippen molar-refractivity contribution in [2.75, 3.05) is 7.11 Å². The molecule has 0 fully saturated rings. The van der Waals surface area contributed by atoms with Gasteiger partial charge in [-0.1, -0.05) is 29.4 Å². The lowest BCUT2D eigenvalue weighted by Gasteiger charge is -2.02. The van der Waals surface area contributed by atoms with E-state index in [2.05, 4.69) is 26.5 Å². The van der Waals surface area contributed by atoms with E-state index >= 15 is 0 Å². The summed E-state index contributed by atoms with van der Waals surface area (Å²) in [4.78, 5) is 13.1. The van der Waals surface area contributed by atoms with Crippen LogP contribution in [0.1, 0.15) is 16.1 Å². The van der Waals surface area contributed by atoms with Gasteiger partial charge in [0.15, 0.2) is 5.09 Å². The highest BCUT2D eigenvalue weighted by Crippen LogP contribution is 2.35. The molecule has 27 heavy (non-hydrogen) atoms. The van der Waals surface area contributed by atoms with Gasteiger partial charge in [0.1, 0.15) is 11.5 Å². The molecule has 0 unspecified atom stereocenters. The Morgan fingerprint density at radius 2 is 2.04 bits per heavy atom. The lowest BCUT2D eigenvalue weighted by atomic mass is 10.2. The highest BCUT2D eigenvalue weighted by atomic mass is 79.9. The average molecular weight is 466 g/mol. The zero-order valence-electron chi connectivity index (χ0n) is 14.1. The fraction of sp³-hybridized carbons (Fsp3) is 0.0526. The third-order valence-electron chi connectivity index (χ3n) is 3.39. The maximum absolute atomic E-state index is 12.1. The molecule has 3 aromatic rings. The van der Waals surface area contributed by atoms with E-state index in [0.29, 0.717) is 27.2 Å². The van der Waals surface area contributed by atoms with Crippen molar-refractivity contribution in [3.63, 3.8) is 0 Å². The molecule has 0 aliphatic heterocycles. The molecule has 1 N–H and O–H groups in total. The number of furan rings is 1. The Bertz CT molecular complexity index is 973. The molecule has 1 heterocycles. The van der Waals surface area contributed by atoms with E-state index in [-0.39, 0.29) is 5.91 Å². The molecular formula is C19H14BrClN2O3S. The van der Waals surface area contributed by atoms with Gasteiger partial charge in [-0.15, -0.1) is 0 Å². The summed E-state index contributed by atoms with van der Waals surface area (Å²) in [6, 6.07) is 16.0. The van der Waals surface area contributed by atoms with E-state index in [1.807, 2.05) is 24.3 Å². The second-order valence-corrected chi connectivity index (χ2v) is 7.61. The van der Waals surface area contributed by atoms with Gasteiger partial charge in [-0.3, -0.25) is 4.79 Å². The molecule has 0 spiro atoms. The summed E-state index contributed by atoms with van der Waals surface area (Å²) in [5.41, 5.74) is 2.91. The first-order valence-electron chi connectivity index (χ1n) is 7.75. The van der Waals surface area contributed by atoms with Crippen molar-refractivity contribution < 1.29 is 13.9 Å². The number of methoxy groups -OCH3 is 1. The van der Waals surface area contributed by atoms with Crippen molar-refractivity contribution in [3.05, 3.63) is 75.4 Å². The van der Waals surface area contributed by atoms with Gasteiger partial charge >= 0.3 is 0 Å². The van der Waals surface area contributed by atoms with Crippen molar-refractivity contribution in [1.82, 2.24) is 5.43 Å². The summed E-state index contributed by atoms with van der Waals surface area (Å²) >= 11 is 10.8. The van der Waals surface area contributed by atoms with Crippen LogP contribution in [0.4, 0.5) is 0 Å². The molecule has 5 nitrogen and oxygen atoms in total. The fourth-order valence-electron chi connectivity index (χ4n) is 2.10. The van der Waals surface area contributed by atoms with Crippen molar-refractivity contribution in [2.24, 2.45) is 5.10 Å². The van der Waals surface area contributed by atoms with Crippen molar-refractivity contribution in [3.8, 4) is 5.75 Å². The van der Waals surface area contributed by atoms with Gasteiger partial charge in [0.2, 0.25) is 0 Å². The minimum atomic E-state index is -0.341. The Morgan fingerprint density at radius 1 is 1.26 bits per heavy atom. The molecule has 1 amide bonds. The zero-order chi connectivity index (χ0) is 19.2. The maximum Gasteiger partial charge on any atom is 0.271 e. The van der Waals surface area contributed by atoms with Crippen LogP contribution in [0.3, 0.4) is 0 Å². The molecule has 0 radical (unpaired) electrons. The maximum atomic E-state index is 12.1. The van der Waals surface area contributed by atoms with E-state index in [1.165, 1.54) is 18.0 Å². The van der Waals surface area contributed by atoms with Crippen LogP contribution in [0, 0.1) is 0 Å². The van der Waals surface area contributed by atoms with Crippen molar-refractivity contribution >= 4 is 51.4 Å². The number of hydrogen-bond donors (Lipinski definition) is 1. The number of benzene rings is 2. The topological polar surface area (TPSA) is 63.8 Å². The molecule has 3 rings (SSSR count). The number of nitrogens with zero attached hydrogens (tertiary/aromatic N) is 1. The van der Waals surface area contributed by atoms with Crippen LogP contribution in [-0.2, 0) is 0 Å². The van der Waals surface area contributed by atoms with Crippen LogP contribution in [0.5, 0.6) is 5.75 Å². The summed E-state index contributed by atoms with van der Waals surface area (Å²) < 4.78 is 11.6. The number of ether oxygens (including phenoxy) is 1. The number of rotatable bonds is 6. The second-order valence-electron chi connectivity index (χ2n) is 5.27. The molecule has 8 heteroatoms. The highest BCUT2D eigenvalue weighted by Gasteiger charge is 2.10. The second kappa shape index (κ2) is 9.12. The Labute approximate surface area is 173 Å². The van der Waals surface area contributed by atoms with Gasteiger partial charge in [-0.25, -0.2) is 5.43 Å². The van der Waals surface area contributed by atoms with Crippen LogP contribution in [0.15, 0.2) is 78.6 Å². The number of carbonyl (C=O) groups is 1.